The van der Waals surface area contributed by atoms with Crippen LogP contribution in [0.15, 0.2) is 36.5 Å². The van der Waals surface area contributed by atoms with Crippen LogP contribution in [0.2, 0.25) is 0 Å². The summed E-state index contributed by atoms with van der Waals surface area (Å²) in [5, 5.41) is 9.55. The molecule has 0 spiro atoms. The number of rotatable bonds is 4. The van der Waals surface area contributed by atoms with E-state index in [-0.39, 0.29) is 12.3 Å². The molecule has 2 rings (SSSR count). The molecule has 0 aliphatic carbocycles. The van der Waals surface area contributed by atoms with Gasteiger partial charge < -0.3 is 5.32 Å². The van der Waals surface area contributed by atoms with Crippen LogP contribution >= 0.6 is 0 Å². The number of H-pyrrole nitrogens is 1. The molecule has 1 aromatic carbocycles. The van der Waals surface area contributed by atoms with E-state index in [4.69, 9.17) is 6.42 Å². The number of benzene rings is 1. The summed E-state index contributed by atoms with van der Waals surface area (Å²) in [4.78, 5) is 11.2. The molecule has 0 unspecified atom stereocenters. The van der Waals surface area contributed by atoms with E-state index in [1.165, 1.54) is 0 Å². The third-order valence-corrected chi connectivity index (χ3v) is 2.52. The monoisotopic (exact) mass is 239 g/mol. The zero-order valence-electron chi connectivity index (χ0n) is 9.81. The van der Waals surface area contributed by atoms with Gasteiger partial charge in [-0.05, 0) is 17.2 Å². The van der Waals surface area contributed by atoms with Crippen molar-refractivity contribution in [3.8, 4) is 23.6 Å². The van der Waals surface area contributed by atoms with E-state index in [0.29, 0.717) is 6.54 Å². The molecule has 1 aromatic heterocycles. The van der Waals surface area contributed by atoms with Gasteiger partial charge in [0.2, 0.25) is 5.91 Å². The zero-order valence-corrected chi connectivity index (χ0v) is 9.81. The van der Waals surface area contributed by atoms with E-state index in [0.717, 1.165) is 16.8 Å². The van der Waals surface area contributed by atoms with Crippen LogP contribution in [0.3, 0.4) is 0 Å². The van der Waals surface area contributed by atoms with Crippen molar-refractivity contribution >= 4 is 5.91 Å². The van der Waals surface area contributed by atoms with Gasteiger partial charge in [0.15, 0.2) is 0 Å². The lowest BCUT2D eigenvalue weighted by atomic mass is 10.1. The van der Waals surface area contributed by atoms with Gasteiger partial charge in [-0.15, -0.1) is 6.42 Å². The Labute approximate surface area is 105 Å². The lowest BCUT2D eigenvalue weighted by Crippen LogP contribution is -2.21. The van der Waals surface area contributed by atoms with Crippen LogP contribution in [0.5, 0.6) is 0 Å². The molecule has 0 saturated carbocycles. The number of hydrogen-bond acceptors (Lipinski definition) is 2. The summed E-state index contributed by atoms with van der Waals surface area (Å²) in [7, 11) is 0. The van der Waals surface area contributed by atoms with E-state index in [1.54, 1.807) is 6.20 Å². The number of nitrogens with zero attached hydrogens (tertiary/aromatic N) is 1. The maximum Gasteiger partial charge on any atom is 0.232 e. The van der Waals surface area contributed by atoms with E-state index >= 15 is 0 Å². The van der Waals surface area contributed by atoms with Gasteiger partial charge in [-0.25, -0.2) is 0 Å². The summed E-state index contributed by atoms with van der Waals surface area (Å²) in [5.74, 6) is 2.18. The predicted molar refractivity (Wildman–Crippen MR) is 69.3 cm³/mol. The Morgan fingerprint density at radius 2 is 2.11 bits per heavy atom. The summed E-state index contributed by atoms with van der Waals surface area (Å²) >= 11 is 0. The van der Waals surface area contributed by atoms with Crippen molar-refractivity contribution in [1.29, 1.82) is 0 Å². The van der Waals surface area contributed by atoms with Crippen LogP contribution in [-0.2, 0) is 11.3 Å². The maximum atomic E-state index is 11.2. The summed E-state index contributed by atoms with van der Waals surface area (Å²) in [6.45, 7) is 0.490. The molecule has 0 fully saturated rings. The minimum atomic E-state index is -0.129. The average molecular weight is 239 g/mol. The maximum absolute atomic E-state index is 11.2. The molecule has 0 aliphatic rings. The smallest absolute Gasteiger partial charge is 0.232 e. The molecule has 4 heteroatoms. The first-order valence-electron chi connectivity index (χ1n) is 5.58. The number of carbonyl (C=O) groups excluding carboxylic acids is 1. The molecular weight excluding hydrogens is 226 g/mol. The second-order valence-electron chi connectivity index (χ2n) is 3.82. The van der Waals surface area contributed by atoms with Crippen LogP contribution in [0, 0.1) is 12.3 Å². The number of aromatic nitrogens is 2. The van der Waals surface area contributed by atoms with Crippen molar-refractivity contribution in [2.75, 3.05) is 0 Å². The van der Waals surface area contributed by atoms with Crippen LogP contribution in [0.4, 0.5) is 0 Å². The van der Waals surface area contributed by atoms with Gasteiger partial charge in [0.25, 0.3) is 0 Å². The fourth-order valence-corrected chi connectivity index (χ4v) is 1.57. The van der Waals surface area contributed by atoms with Crippen molar-refractivity contribution in [2.45, 2.75) is 13.0 Å². The third kappa shape index (κ3) is 2.98. The molecule has 0 radical (unpaired) electrons. The highest BCUT2D eigenvalue weighted by molar-refractivity contribution is 5.78. The molecule has 18 heavy (non-hydrogen) atoms. The normalized spacial score (nSPS) is 9.72. The molecule has 1 heterocycles. The van der Waals surface area contributed by atoms with Crippen LogP contribution in [-0.4, -0.2) is 16.1 Å². The standard InChI is InChI=1S/C14H13N3O/c1-2-3-14(18)15-10-11-4-6-12(7-5-11)13-8-9-16-17-13/h1,4-9H,3,10H2,(H,15,18)(H,16,17). The summed E-state index contributed by atoms with van der Waals surface area (Å²) in [6, 6.07) is 9.80. The molecule has 4 nitrogen and oxygen atoms in total. The van der Waals surface area contributed by atoms with Gasteiger partial charge in [-0.2, -0.15) is 5.10 Å². The Morgan fingerprint density at radius 1 is 1.33 bits per heavy atom. The molecule has 90 valence electrons. The largest absolute Gasteiger partial charge is 0.351 e. The first-order chi connectivity index (χ1) is 8.79. The highest BCUT2D eigenvalue weighted by Crippen LogP contribution is 2.16. The van der Waals surface area contributed by atoms with Crippen LogP contribution in [0.25, 0.3) is 11.3 Å². The Balaban J connectivity index is 1.96. The number of nitrogens with one attached hydrogen (secondary N) is 2. The number of aromatic amines is 1. The van der Waals surface area contributed by atoms with Crippen molar-refractivity contribution in [2.24, 2.45) is 0 Å². The number of terminal acetylenes is 1. The topological polar surface area (TPSA) is 57.8 Å². The summed E-state index contributed by atoms with van der Waals surface area (Å²) < 4.78 is 0. The van der Waals surface area contributed by atoms with Crippen molar-refractivity contribution in [3.63, 3.8) is 0 Å². The van der Waals surface area contributed by atoms with E-state index in [1.807, 2.05) is 30.3 Å². The highest BCUT2D eigenvalue weighted by atomic mass is 16.1. The van der Waals surface area contributed by atoms with Gasteiger partial charge in [0.1, 0.15) is 0 Å². The van der Waals surface area contributed by atoms with Crippen molar-refractivity contribution in [3.05, 3.63) is 42.1 Å². The van der Waals surface area contributed by atoms with Gasteiger partial charge in [-0.3, -0.25) is 9.89 Å². The number of amides is 1. The number of hydrogen-bond donors (Lipinski definition) is 2. The lowest BCUT2D eigenvalue weighted by molar-refractivity contribution is -0.120. The second-order valence-corrected chi connectivity index (χ2v) is 3.82. The van der Waals surface area contributed by atoms with Gasteiger partial charge in [0, 0.05) is 12.7 Å². The quantitative estimate of drug-likeness (QED) is 0.798. The van der Waals surface area contributed by atoms with E-state index in [9.17, 15) is 4.79 Å². The Kier molecular flexibility index (Phi) is 3.77. The van der Waals surface area contributed by atoms with Gasteiger partial charge in [-0.1, -0.05) is 30.2 Å². The predicted octanol–water partition coefficient (Wildman–Crippen LogP) is 1.72. The Hall–Kier alpha value is -2.54. The molecule has 0 bridgehead atoms. The molecule has 0 saturated heterocycles. The molecule has 0 aliphatic heterocycles. The second kappa shape index (κ2) is 5.69. The van der Waals surface area contributed by atoms with Crippen LogP contribution < -0.4 is 5.32 Å². The third-order valence-electron chi connectivity index (χ3n) is 2.52. The fraction of sp³-hybridized carbons (Fsp3) is 0.143. The summed E-state index contributed by atoms with van der Waals surface area (Å²) in [5.41, 5.74) is 3.06. The Bertz CT molecular complexity index is 550. The van der Waals surface area contributed by atoms with Crippen molar-refractivity contribution < 1.29 is 4.79 Å². The zero-order chi connectivity index (χ0) is 12.8. The minimum absolute atomic E-state index is 0.117. The molecule has 2 N–H and O–H groups in total. The molecular formula is C14H13N3O. The minimum Gasteiger partial charge on any atom is -0.351 e. The first-order valence-corrected chi connectivity index (χ1v) is 5.58. The lowest BCUT2D eigenvalue weighted by Gasteiger charge is -2.04. The first kappa shape index (κ1) is 11.9. The molecule has 1 amide bonds. The van der Waals surface area contributed by atoms with Gasteiger partial charge in [0.05, 0.1) is 12.1 Å². The Morgan fingerprint density at radius 3 is 2.72 bits per heavy atom. The van der Waals surface area contributed by atoms with Crippen molar-refractivity contribution in [1.82, 2.24) is 15.5 Å². The number of carbonyl (C=O) groups is 1. The van der Waals surface area contributed by atoms with E-state index in [2.05, 4.69) is 21.4 Å². The fourth-order valence-electron chi connectivity index (χ4n) is 1.57. The average Bonchev–Trinajstić information content (AvgIpc) is 2.91. The van der Waals surface area contributed by atoms with E-state index < -0.39 is 0 Å². The summed E-state index contributed by atoms with van der Waals surface area (Å²) in [6.07, 6.45) is 6.88. The highest BCUT2D eigenvalue weighted by Gasteiger charge is 2.01. The molecule has 2 aromatic rings. The molecule has 0 atom stereocenters. The SMILES string of the molecule is C#CCC(=O)NCc1ccc(-c2ccn[nH]2)cc1. The van der Waals surface area contributed by atoms with Crippen LogP contribution in [0.1, 0.15) is 12.0 Å². The van der Waals surface area contributed by atoms with Gasteiger partial charge >= 0.3 is 0 Å².